The van der Waals surface area contributed by atoms with Gasteiger partial charge < -0.3 is 16.0 Å². The Morgan fingerprint density at radius 1 is 1.25 bits per heavy atom. The zero-order valence-electron chi connectivity index (χ0n) is 14.3. The van der Waals surface area contributed by atoms with Crippen LogP contribution in [0.1, 0.15) is 17.7 Å². The second kappa shape index (κ2) is 6.84. The molecule has 0 atom stereocenters. The minimum absolute atomic E-state index is 0.405. The number of aromatic nitrogens is 4. The van der Waals surface area contributed by atoms with Crippen molar-refractivity contribution in [3.05, 3.63) is 41.7 Å². The zero-order valence-corrected chi connectivity index (χ0v) is 14.3. The molecule has 2 heterocycles. The summed E-state index contributed by atoms with van der Waals surface area (Å²) in [5, 5.41) is 7.67. The van der Waals surface area contributed by atoms with Gasteiger partial charge in [0, 0.05) is 5.69 Å². The van der Waals surface area contributed by atoms with Gasteiger partial charge in [0.05, 0.1) is 11.9 Å². The van der Waals surface area contributed by atoms with E-state index in [9.17, 15) is 0 Å². The van der Waals surface area contributed by atoms with Crippen molar-refractivity contribution in [1.29, 1.82) is 0 Å². The summed E-state index contributed by atoms with van der Waals surface area (Å²) in [5.74, 6) is 0.918. The van der Waals surface area contributed by atoms with Gasteiger partial charge in [-0.25, -0.2) is 9.50 Å². The van der Waals surface area contributed by atoms with E-state index < -0.39 is 0 Å². The maximum absolute atomic E-state index is 6.05. The Hall–Kier alpha value is -2.67. The molecule has 0 bridgehead atoms. The molecule has 3 rings (SSSR count). The molecule has 0 amide bonds. The number of aryl methyl sites for hydroxylation is 2. The fourth-order valence-electron chi connectivity index (χ4n) is 2.56. The van der Waals surface area contributed by atoms with E-state index in [2.05, 4.69) is 39.4 Å². The van der Waals surface area contributed by atoms with Crippen molar-refractivity contribution in [3.8, 4) is 0 Å². The maximum atomic E-state index is 6.05. The molecule has 0 radical (unpaired) electrons. The number of nitrogen functional groups attached to an aromatic ring is 1. The summed E-state index contributed by atoms with van der Waals surface area (Å²) in [6.45, 7) is 3.06. The van der Waals surface area contributed by atoms with Crippen molar-refractivity contribution in [2.45, 2.75) is 19.8 Å². The maximum Gasteiger partial charge on any atom is 0.247 e. The molecule has 2 aromatic heterocycles. The summed E-state index contributed by atoms with van der Waals surface area (Å²) < 4.78 is 1.70. The zero-order chi connectivity index (χ0) is 17.1. The Bertz CT molecular complexity index is 838. The van der Waals surface area contributed by atoms with Gasteiger partial charge in [-0.3, -0.25) is 0 Å². The molecule has 1 aromatic carbocycles. The minimum atomic E-state index is 0.405. The third kappa shape index (κ3) is 3.80. The van der Waals surface area contributed by atoms with E-state index in [1.807, 2.05) is 37.4 Å². The van der Waals surface area contributed by atoms with Gasteiger partial charge in [0.25, 0.3) is 0 Å². The molecule has 0 saturated heterocycles. The molecule has 0 saturated carbocycles. The molecule has 0 fully saturated rings. The fraction of sp³-hybridized carbons (Fsp3) is 0.353. The molecular formula is C17H23N7. The largest absolute Gasteiger partial charge is 0.381 e. The Balaban J connectivity index is 1.81. The number of anilines is 3. The molecule has 126 valence electrons. The number of rotatable bonds is 6. The summed E-state index contributed by atoms with van der Waals surface area (Å²) in [6.07, 6.45) is 3.78. The van der Waals surface area contributed by atoms with E-state index in [1.54, 1.807) is 4.52 Å². The molecule has 0 unspecified atom stereocenters. The number of benzene rings is 1. The Morgan fingerprint density at radius 3 is 2.83 bits per heavy atom. The van der Waals surface area contributed by atoms with E-state index in [-0.39, 0.29) is 0 Å². The first-order valence-electron chi connectivity index (χ1n) is 8.01. The highest BCUT2D eigenvalue weighted by atomic mass is 15.4. The van der Waals surface area contributed by atoms with E-state index in [4.69, 9.17) is 5.73 Å². The summed E-state index contributed by atoms with van der Waals surface area (Å²) in [7, 11) is 4.12. The van der Waals surface area contributed by atoms with E-state index in [1.165, 1.54) is 5.56 Å². The van der Waals surface area contributed by atoms with Crippen LogP contribution in [0.25, 0.3) is 5.65 Å². The summed E-state index contributed by atoms with van der Waals surface area (Å²) in [6, 6.07) is 8.06. The van der Waals surface area contributed by atoms with E-state index in [0.717, 1.165) is 30.8 Å². The van der Waals surface area contributed by atoms with Crippen molar-refractivity contribution >= 4 is 23.1 Å². The quantitative estimate of drug-likeness (QED) is 0.723. The normalized spacial score (nSPS) is 11.3. The lowest BCUT2D eigenvalue weighted by molar-refractivity contribution is 0.399. The summed E-state index contributed by atoms with van der Waals surface area (Å²) in [4.78, 5) is 11.0. The van der Waals surface area contributed by atoms with Crippen LogP contribution in [0.4, 0.5) is 17.5 Å². The number of hydrogen-bond donors (Lipinski definition) is 2. The Labute approximate surface area is 141 Å². The fourth-order valence-corrected chi connectivity index (χ4v) is 2.56. The molecule has 3 aromatic rings. The number of fused-ring (bicyclic) bond motifs is 1. The summed E-state index contributed by atoms with van der Waals surface area (Å²) in [5.41, 5.74) is 9.66. The van der Waals surface area contributed by atoms with Crippen LogP contribution >= 0.6 is 0 Å². The van der Waals surface area contributed by atoms with Gasteiger partial charge >= 0.3 is 0 Å². The first-order valence-corrected chi connectivity index (χ1v) is 8.01. The van der Waals surface area contributed by atoms with Gasteiger partial charge in [-0.15, -0.1) is 5.10 Å². The van der Waals surface area contributed by atoms with Gasteiger partial charge in [0.15, 0.2) is 11.5 Å². The van der Waals surface area contributed by atoms with Crippen LogP contribution in [0.2, 0.25) is 0 Å². The molecular weight excluding hydrogens is 302 g/mol. The van der Waals surface area contributed by atoms with Crippen molar-refractivity contribution < 1.29 is 0 Å². The average Bonchev–Trinajstić information content (AvgIpc) is 2.90. The first kappa shape index (κ1) is 16.2. The minimum Gasteiger partial charge on any atom is -0.381 e. The van der Waals surface area contributed by atoms with Crippen molar-refractivity contribution in [2.24, 2.45) is 0 Å². The SMILES string of the molecule is Cc1cccc(Nc2nc3c(N)nc(CCCN(C)C)cn3n2)c1. The predicted molar refractivity (Wildman–Crippen MR) is 96.5 cm³/mol. The van der Waals surface area contributed by atoms with Crippen molar-refractivity contribution in [3.63, 3.8) is 0 Å². The number of nitrogens with one attached hydrogen (secondary N) is 1. The number of nitrogens with two attached hydrogens (primary N) is 1. The topological polar surface area (TPSA) is 84.4 Å². The van der Waals surface area contributed by atoms with Gasteiger partial charge in [0.1, 0.15) is 0 Å². The van der Waals surface area contributed by atoms with Crippen LogP contribution in [0.15, 0.2) is 30.5 Å². The highest BCUT2D eigenvalue weighted by molar-refractivity contribution is 5.63. The van der Waals surface area contributed by atoms with Gasteiger partial charge in [-0.1, -0.05) is 12.1 Å². The van der Waals surface area contributed by atoms with Gasteiger partial charge in [-0.05, 0) is 58.1 Å². The van der Waals surface area contributed by atoms with Crippen LogP contribution in [0, 0.1) is 6.92 Å². The lowest BCUT2D eigenvalue weighted by Crippen LogP contribution is -2.14. The van der Waals surface area contributed by atoms with Crippen LogP contribution in [-0.4, -0.2) is 45.1 Å². The average molecular weight is 325 g/mol. The van der Waals surface area contributed by atoms with Crippen LogP contribution in [0.3, 0.4) is 0 Å². The van der Waals surface area contributed by atoms with Crippen LogP contribution < -0.4 is 11.1 Å². The number of nitrogens with zero attached hydrogens (tertiary/aromatic N) is 5. The highest BCUT2D eigenvalue weighted by Crippen LogP contribution is 2.18. The second-order valence-electron chi connectivity index (χ2n) is 6.22. The number of hydrogen-bond acceptors (Lipinski definition) is 6. The summed E-state index contributed by atoms with van der Waals surface area (Å²) >= 11 is 0. The monoisotopic (exact) mass is 325 g/mol. The van der Waals surface area contributed by atoms with Crippen molar-refractivity contribution in [1.82, 2.24) is 24.5 Å². The third-order valence-electron chi connectivity index (χ3n) is 3.71. The molecule has 24 heavy (non-hydrogen) atoms. The lowest BCUT2D eigenvalue weighted by atomic mass is 10.2. The second-order valence-corrected chi connectivity index (χ2v) is 6.22. The smallest absolute Gasteiger partial charge is 0.247 e. The van der Waals surface area contributed by atoms with Crippen LogP contribution in [-0.2, 0) is 6.42 Å². The molecule has 0 aliphatic carbocycles. The standard InChI is InChI=1S/C17H23N7/c1-12-6-4-7-13(10-12)20-17-21-16-15(18)19-14(11-24(16)22-17)8-5-9-23(2)3/h4,6-7,10-11H,5,8-9H2,1-3H3,(H2,18,19)(H,20,22). The highest BCUT2D eigenvalue weighted by Gasteiger charge is 2.10. The molecule has 3 N–H and O–H groups in total. The molecule has 0 spiro atoms. The van der Waals surface area contributed by atoms with E-state index in [0.29, 0.717) is 17.4 Å². The molecule has 0 aliphatic heterocycles. The predicted octanol–water partition coefficient (Wildman–Crippen LogP) is 2.25. The third-order valence-corrected chi connectivity index (χ3v) is 3.71. The Kier molecular flexibility index (Phi) is 4.61. The van der Waals surface area contributed by atoms with Gasteiger partial charge in [-0.2, -0.15) is 4.98 Å². The molecule has 0 aliphatic rings. The van der Waals surface area contributed by atoms with Gasteiger partial charge in [0.2, 0.25) is 5.95 Å². The van der Waals surface area contributed by atoms with E-state index >= 15 is 0 Å². The Morgan fingerprint density at radius 2 is 2.08 bits per heavy atom. The van der Waals surface area contributed by atoms with Crippen LogP contribution in [0.5, 0.6) is 0 Å². The van der Waals surface area contributed by atoms with Crippen molar-refractivity contribution in [2.75, 3.05) is 31.7 Å². The molecule has 7 heteroatoms. The first-order chi connectivity index (χ1) is 11.5. The lowest BCUT2D eigenvalue weighted by Gasteiger charge is -2.08. The molecule has 7 nitrogen and oxygen atoms in total.